The van der Waals surface area contributed by atoms with E-state index in [-0.39, 0.29) is 17.8 Å². The molecule has 108 valence electrons. The molecule has 1 unspecified atom stereocenters. The van der Waals surface area contributed by atoms with Crippen LogP contribution in [-0.2, 0) is 0 Å². The van der Waals surface area contributed by atoms with Gasteiger partial charge < -0.3 is 10.3 Å². The number of fused-ring (bicyclic) bond motifs is 1. The van der Waals surface area contributed by atoms with Gasteiger partial charge in [-0.1, -0.05) is 12.1 Å². The Bertz CT molecular complexity index is 829. The maximum Gasteiger partial charge on any atom is 0.201 e. The normalized spacial score (nSPS) is 12.8. The number of aromatic nitrogens is 2. The molecule has 0 aliphatic rings. The average Bonchev–Trinajstić information content (AvgIpc) is 2.74. The predicted octanol–water partition coefficient (Wildman–Crippen LogP) is 4.27. The van der Waals surface area contributed by atoms with Gasteiger partial charge in [-0.25, -0.2) is 13.8 Å². The number of hydrogen-bond donors (Lipinski definition) is 1. The first kappa shape index (κ1) is 14.0. The van der Waals surface area contributed by atoms with Crippen LogP contribution >= 0.6 is 15.9 Å². The van der Waals surface area contributed by atoms with Gasteiger partial charge in [-0.05, 0) is 46.6 Å². The molecule has 2 N–H and O–H groups in total. The molecular formula is C15H12BrF2N3. The minimum absolute atomic E-state index is 0.258. The van der Waals surface area contributed by atoms with E-state index in [9.17, 15) is 8.78 Å². The zero-order valence-electron chi connectivity index (χ0n) is 11.1. The molecule has 21 heavy (non-hydrogen) atoms. The summed E-state index contributed by atoms with van der Waals surface area (Å²) in [7, 11) is 0. The highest BCUT2D eigenvalue weighted by atomic mass is 79.9. The van der Waals surface area contributed by atoms with Gasteiger partial charge in [-0.2, -0.15) is 0 Å². The zero-order valence-corrected chi connectivity index (χ0v) is 12.7. The van der Waals surface area contributed by atoms with Crippen molar-refractivity contribution in [2.45, 2.75) is 13.0 Å². The highest BCUT2D eigenvalue weighted by Crippen LogP contribution is 2.30. The molecule has 1 atom stereocenters. The molecular weight excluding hydrogens is 340 g/mol. The van der Waals surface area contributed by atoms with Crippen LogP contribution in [-0.4, -0.2) is 9.55 Å². The monoisotopic (exact) mass is 351 g/mol. The van der Waals surface area contributed by atoms with Crippen molar-refractivity contribution < 1.29 is 8.78 Å². The Labute approximate surface area is 128 Å². The number of rotatable bonds is 2. The molecule has 0 aliphatic carbocycles. The second kappa shape index (κ2) is 5.11. The van der Waals surface area contributed by atoms with E-state index in [0.29, 0.717) is 15.5 Å². The average molecular weight is 352 g/mol. The van der Waals surface area contributed by atoms with Gasteiger partial charge in [0.05, 0.1) is 21.5 Å². The van der Waals surface area contributed by atoms with Crippen LogP contribution in [0.2, 0.25) is 0 Å². The van der Waals surface area contributed by atoms with Crippen molar-refractivity contribution in [1.29, 1.82) is 0 Å². The lowest BCUT2D eigenvalue weighted by Crippen LogP contribution is -2.10. The van der Waals surface area contributed by atoms with Crippen molar-refractivity contribution in [1.82, 2.24) is 9.55 Å². The van der Waals surface area contributed by atoms with Crippen molar-refractivity contribution in [3.05, 3.63) is 58.1 Å². The fourth-order valence-corrected chi connectivity index (χ4v) is 2.76. The van der Waals surface area contributed by atoms with Gasteiger partial charge in [0, 0.05) is 6.07 Å². The van der Waals surface area contributed by atoms with Gasteiger partial charge in [0.15, 0.2) is 0 Å². The molecule has 0 saturated carbocycles. The SMILES string of the molecule is CC(c1cccc(F)c1)n1c(N)nc2cc(Br)c(F)cc21. The Morgan fingerprint density at radius 2 is 2.00 bits per heavy atom. The molecule has 3 rings (SSSR count). The van der Waals surface area contributed by atoms with E-state index in [0.717, 1.165) is 5.56 Å². The van der Waals surface area contributed by atoms with Crippen LogP contribution in [0.25, 0.3) is 11.0 Å². The Hall–Kier alpha value is -1.95. The summed E-state index contributed by atoms with van der Waals surface area (Å²) in [6, 6.07) is 8.94. The Morgan fingerprint density at radius 3 is 2.71 bits per heavy atom. The van der Waals surface area contributed by atoms with Crippen LogP contribution in [0.5, 0.6) is 0 Å². The highest BCUT2D eigenvalue weighted by molar-refractivity contribution is 9.10. The van der Waals surface area contributed by atoms with E-state index in [1.165, 1.54) is 18.2 Å². The molecule has 0 fully saturated rings. The van der Waals surface area contributed by atoms with Gasteiger partial charge in [-0.15, -0.1) is 0 Å². The molecule has 0 amide bonds. The first-order valence-corrected chi connectivity index (χ1v) is 7.14. The molecule has 6 heteroatoms. The van der Waals surface area contributed by atoms with Crippen LogP contribution in [0.4, 0.5) is 14.7 Å². The number of nitrogen functional groups attached to an aromatic ring is 1. The van der Waals surface area contributed by atoms with E-state index >= 15 is 0 Å². The Morgan fingerprint density at radius 1 is 1.24 bits per heavy atom. The molecule has 1 heterocycles. The summed E-state index contributed by atoms with van der Waals surface area (Å²) in [4.78, 5) is 4.23. The van der Waals surface area contributed by atoms with Crippen molar-refractivity contribution in [2.24, 2.45) is 0 Å². The van der Waals surface area contributed by atoms with Gasteiger partial charge in [-0.3, -0.25) is 0 Å². The van der Waals surface area contributed by atoms with E-state index in [2.05, 4.69) is 20.9 Å². The van der Waals surface area contributed by atoms with E-state index in [1.807, 2.05) is 6.92 Å². The minimum Gasteiger partial charge on any atom is -0.369 e. The van der Waals surface area contributed by atoms with Crippen LogP contribution in [0.15, 0.2) is 40.9 Å². The quantitative estimate of drug-likeness (QED) is 0.749. The number of halogens is 3. The predicted molar refractivity (Wildman–Crippen MR) is 82.0 cm³/mol. The molecule has 0 aliphatic heterocycles. The Kier molecular flexibility index (Phi) is 3.41. The maximum atomic E-state index is 13.8. The van der Waals surface area contributed by atoms with E-state index in [1.54, 1.807) is 22.8 Å². The van der Waals surface area contributed by atoms with Gasteiger partial charge in [0.25, 0.3) is 0 Å². The smallest absolute Gasteiger partial charge is 0.201 e. The van der Waals surface area contributed by atoms with Crippen molar-refractivity contribution in [2.75, 3.05) is 5.73 Å². The minimum atomic E-state index is -0.393. The molecule has 0 bridgehead atoms. The molecule has 3 aromatic rings. The lowest BCUT2D eigenvalue weighted by molar-refractivity contribution is 0.608. The van der Waals surface area contributed by atoms with Crippen LogP contribution in [0, 0.1) is 11.6 Å². The third-order valence-corrected chi connectivity index (χ3v) is 4.08. The molecule has 0 saturated heterocycles. The summed E-state index contributed by atoms with van der Waals surface area (Å²) in [6.45, 7) is 1.87. The number of nitrogens with two attached hydrogens (primary N) is 1. The fourth-order valence-electron chi connectivity index (χ4n) is 2.43. The van der Waals surface area contributed by atoms with Crippen LogP contribution in [0.3, 0.4) is 0 Å². The second-order valence-electron chi connectivity index (χ2n) is 4.83. The van der Waals surface area contributed by atoms with Crippen LogP contribution < -0.4 is 5.73 Å². The highest BCUT2D eigenvalue weighted by Gasteiger charge is 2.17. The van der Waals surface area contributed by atoms with Crippen molar-refractivity contribution in [3.63, 3.8) is 0 Å². The molecule has 2 aromatic carbocycles. The molecule has 0 spiro atoms. The van der Waals surface area contributed by atoms with Gasteiger partial charge in [0.1, 0.15) is 11.6 Å². The van der Waals surface area contributed by atoms with Gasteiger partial charge in [0.2, 0.25) is 5.95 Å². The third-order valence-electron chi connectivity index (χ3n) is 3.48. The maximum absolute atomic E-state index is 13.8. The van der Waals surface area contributed by atoms with Crippen molar-refractivity contribution >= 4 is 32.9 Å². The summed E-state index contributed by atoms with van der Waals surface area (Å²) in [6.07, 6.45) is 0. The first-order valence-electron chi connectivity index (χ1n) is 6.35. The lowest BCUT2D eigenvalue weighted by Gasteiger charge is -2.16. The topological polar surface area (TPSA) is 43.8 Å². The zero-order chi connectivity index (χ0) is 15.1. The number of imidazole rings is 1. The first-order chi connectivity index (χ1) is 9.97. The van der Waals surface area contributed by atoms with Gasteiger partial charge >= 0.3 is 0 Å². The summed E-state index contributed by atoms with van der Waals surface area (Å²) >= 11 is 3.13. The lowest BCUT2D eigenvalue weighted by atomic mass is 10.1. The standard InChI is InChI=1S/C15H12BrF2N3/c1-8(9-3-2-4-10(17)5-9)21-14-7-12(18)11(16)6-13(14)20-15(21)19/h2-8H,1H3,(H2,19,20). The van der Waals surface area contributed by atoms with E-state index < -0.39 is 5.82 Å². The summed E-state index contributed by atoms with van der Waals surface area (Å²) < 4.78 is 29.2. The Balaban J connectivity index is 2.19. The molecule has 3 nitrogen and oxygen atoms in total. The fraction of sp³-hybridized carbons (Fsp3) is 0.133. The summed E-state index contributed by atoms with van der Waals surface area (Å²) in [5, 5.41) is 0. The molecule has 0 radical (unpaired) electrons. The number of anilines is 1. The number of nitrogens with zero attached hydrogens (tertiary/aromatic N) is 2. The largest absolute Gasteiger partial charge is 0.369 e. The van der Waals surface area contributed by atoms with Crippen molar-refractivity contribution in [3.8, 4) is 0 Å². The summed E-state index contributed by atoms with van der Waals surface area (Å²) in [5.74, 6) is -0.453. The summed E-state index contributed by atoms with van der Waals surface area (Å²) in [5.41, 5.74) is 7.85. The molecule has 1 aromatic heterocycles. The number of hydrogen-bond acceptors (Lipinski definition) is 2. The second-order valence-corrected chi connectivity index (χ2v) is 5.68. The number of benzene rings is 2. The van der Waals surface area contributed by atoms with E-state index in [4.69, 9.17) is 5.73 Å². The van der Waals surface area contributed by atoms with Crippen LogP contribution in [0.1, 0.15) is 18.5 Å². The third kappa shape index (κ3) is 2.40.